The Morgan fingerprint density at radius 1 is 1.45 bits per heavy atom. The zero-order valence-electron chi connectivity index (χ0n) is 7.20. The number of aromatic nitrogens is 3. The molecule has 62 valence electrons. The van der Waals surface area contributed by atoms with Gasteiger partial charge in [0.05, 0.1) is 0 Å². The first-order chi connectivity index (χ1) is 5.16. The Hall–Kier alpha value is -1.06. The highest BCUT2D eigenvalue weighted by molar-refractivity contribution is 4.99. The number of nitrogens with two attached hydrogens (primary N) is 1. The molecule has 0 saturated heterocycles. The fourth-order valence-electron chi connectivity index (χ4n) is 0.972. The summed E-state index contributed by atoms with van der Waals surface area (Å²) in [4.78, 5) is 0. The lowest BCUT2D eigenvalue weighted by atomic mass is 10.2. The molecule has 4 heteroatoms. The molecule has 1 rings (SSSR count). The molecule has 1 heterocycles. The molecule has 0 amide bonds. The van der Waals surface area contributed by atoms with Crippen LogP contribution in [0.25, 0.3) is 0 Å². The minimum atomic E-state index is 0.341. The van der Waals surface area contributed by atoms with Crippen LogP contribution in [-0.4, -0.2) is 14.9 Å². The molecule has 0 unspecified atom stereocenters. The molecule has 4 nitrogen and oxygen atoms in total. The van der Waals surface area contributed by atoms with Crippen LogP contribution in [-0.2, 0) is 6.42 Å². The van der Waals surface area contributed by atoms with Gasteiger partial charge in [-0.3, -0.25) is 0 Å². The Morgan fingerprint density at radius 3 is 2.36 bits per heavy atom. The number of hydrogen-bond donors (Lipinski definition) is 1. The molecule has 0 spiro atoms. The lowest BCUT2D eigenvalue weighted by molar-refractivity contribution is 0.719. The lowest BCUT2D eigenvalue weighted by Crippen LogP contribution is -2.16. The Morgan fingerprint density at radius 2 is 2.09 bits per heavy atom. The minimum Gasteiger partial charge on any atom is -0.336 e. The summed E-state index contributed by atoms with van der Waals surface area (Å²) in [5.74, 6) is 7.74. The van der Waals surface area contributed by atoms with Crippen molar-refractivity contribution in [2.75, 3.05) is 5.84 Å². The number of nitrogens with zero attached hydrogens (tertiary/aromatic N) is 3. The second kappa shape index (κ2) is 2.90. The van der Waals surface area contributed by atoms with Gasteiger partial charge in [-0.05, 0) is 0 Å². The Labute approximate surface area is 66.4 Å². The van der Waals surface area contributed by atoms with E-state index in [0.717, 1.165) is 18.1 Å². The van der Waals surface area contributed by atoms with Crippen molar-refractivity contribution in [2.24, 2.45) is 0 Å². The summed E-state index contributed by atoms with van der Waals surface area (Å²) in [6.45, 7) is 6.11. The molecule has 1 aromatic heterocycles. The van der Waals surface area contributed by atoms with E-state index in [4.69, 9.17) is 5.84 Å². The van der Waals surface area contributed by atoms with Crippen LogP contribution < -0.4 is 5.84 Å². The molecule has 0 aliphatic carbocycles. The molecule has 1 aromatic rings. The van der Waals surface area contributed by atoms with E-state index in [1.807, 2.05) is 20.8 Å². The second-order valence-electron chi connectivity index (χ2n) is 2.85. The molecule has 0 atom stereocenters. The van der Waals surface area contributed by atoms with Crippen LogP contribution >= 0.6 is 0 Å². The van der Waals surface area contributed by atoms with Gasteiger partial charge in [0, 0.05) is 12.3 Å². The third-order valence-electron chi connectivity index (χ3n) is 1.63. The molecule has 0 aliphatic heterocycles. The van der Waals surface area contributed by atoms with Gasteiger partial charge >= 0.3 is 0 Å². The quantitative estimate of drug-likeness (QED) is 0.637. The summed E-state index contributed by atoms with van der Waals surface area (Å²) < 4.78 is 1.57. The van der Waals surface area contributed by atoms with Gasteiger partial charge in [0.1, 0.15) is 0 Å². The minimum absolute atomic E-state index is 0.341. The van der Waals surface area contributed by atoms with E-state index in [2.05, 4.69) is 10.2 Å². The van der Waals surface area contributed by atoms with Crippen LogP contribution in [0.1, 0.15) is 38.3 Å². The standard InChI is InChI=1S/C7H14N4/c1-4-6-9-10-7(5(2)3)11(6)8/h5H,4,8H2,1-3H3. The van der Waals surface area contributed by atoms with E-state index in [9.17, 15) is 0 Å². The van der Waals surface area contributed by atoms with Crippen molar-refractivity contribution in [3.05, 3.63) is 11.6 Å². The van der Waals surface area contributed by atoms with Crippen LogP contribution in [0.2, 0.25) is 0 Å². The highest BCUT2D eigenvalue weighted by Crippen LogP contribution is 2.09. The number of nitrogen functional groups attached to an aromatic ring is 1. The average molecular weight is 154 g/mol. The second-order valence-corrected chi connectivity index (χ2v) is 2.85. The smallest absolute Gasteiger partial charge is 0.154 e. The van der Waals surface area contributed by atoms with Crippen molar-refractivity contribution < 1.29 is 0 Å². The monoisotopic (exact) mass is 154 g/mol. The van der Waals surface area contributed by atoms with E-state index in [0.29, 0.717) is 5.92 Å². The molecule has 11 heavy (non-hydrogen) atoms. The molecule has 2 N–H and O–H groups in total. The topological polar surface area (TPSA) is 56.7 Å². The first-order valence-corrected chi connectivity index (χ1v) is 3.86. The van der Waals surface area contributed by atoms with Gasteiger partial charge in [-0.1, -0.05) is 20.8 Å². The molecule has 0 saturated carbocycles. The summed E-state index contributed by atoms with van der Waals surface area (Å²) in [5.41, 5.74) is 0. The largest absolute Gasteiger partial charge is 0.336 e. The van der Waals surface area contributed by atoms with Crippen LogP contribution in [0, 0.1) is 0 Å². The predicted molar refractivity (Wildman–Crippen MR) is 43.6 cm³/mol. The van der Waals surface area contributed by atoms with Crippen molar-refractivity contribution in [3.8, 4) is 0 Å². The fraction of sp³-hybridized carbons (Fsp3) is 0.714. The molecule has 0 aliphatic rings. The maximum absolute atomic E-state index is 5.71. The van der Waals surface area contributed by atoms with Gasteiger partial charge in [-0.25, -0.2) is 4.68 Å². The number of rotatable bonds is 2. The van der Waals surface area contributed by atoms with Gasteiger partial charge in [-0.2, -0.15) is 0 Å². The first-order valence-electron chi connectivity index (χ1n) is 3.86. The highest BCUT2D eigenvalue weighted by Gasteiger charge is 2.10. The maximum atomic E-state index is 5.71. The van der Waals surface area contributed by atoms with Crippen molar-refractivity contribution in [3.63, 3.8) is 0 Å². The fourth-order valence-corrected chi connectivity index (χ4v) is 0.972. The summed E-state index contributed by atoms with van der Waals surface area (Å²) in [6.07, 6.45) is 0.830. The van der Waals surface area contributed by atoms with Crippen LogP contribution in [0.15, 0.2) is 0 Å². The van der Waals surface area contributed by atoms with Crippen molar-refractivity contribution in [1.82, 2.24) is 14.9 Å². The maximum Gasteiger partial charge on any atom is 0.154 e. The predicted octanol–water partition coefficient (Wildman–Crippen LogP) is 0.678. The summed E-state index contributed by atoms with van der Waals surface area (Å²) in [6, 6.07) is 0. The molecule has 0 bridgehead atoms. The van der Waals surface area contributed by atoms with Crippen LogP contribution in [0.5, 0.6) is 0 Å². The third kappa shape index (κ3) is 1.34. The van der Waals surface area contributed by atoms with Crippen molar-refractivity contribution in [1.29, 1.82) is 0 Å². The van der Waals surface area contributed by atoms with E-state index in [-0.39, 0.29) is 0 Å². The number of hydrogen-bond acceptors (Lipinski definition) is 3. The number of aryl methyl sites for hydroxylation is 1. The highest BCUT2D eigenvalue weighted by atomic mass is 15.4. The zero-order valence-corrected chi connectivity index (χ0v) is 7.20. The SMILES string of the molecule is CCc1nnc(C(C)C)n1N. The molecular weight excluding hydrogens is 140 g/mol. The zero-order chi connectivity index (χ0) is 8.43. The summed E-state index contributed by atoms with van der Waals surface area (Å²) >= 11 is 0. The van der Waals surface area contributed by atoms with Gasteiger partial charge in [0.2, 0.25) is 0 Å². The van der Waals surface area contributed by atoms with E-state index >= 15 is 0 Å². The van der Waals surface area contributed by atoms with Gasteiger partial charge < -0.3 is 5.84 Å². The Balaban J connectivity index is 3.00. The van der Waals surface area contributed by atoms with E-state index in [1.165, 1.54) is 0 Å². The van der Waals surface area contributed by atoms with Crippen LogP contribution in [0.3, 0.4) is 0 Å². The summed E-state index contributed by atoms with van der Waals surface area (Å²) in [7, 11) is 0. The molecule has 0 aromatic carbocycles. The van der Waals surface area contributed by atoms with Gasteiger partial charge in [-0.15, -0.1) is 10.2 Å². The molecular formula is C7H14N4. The molecule has 0 fully saturated rings. The molecule has 0 radical (unpaired) electrons. The van der Waals surface area contributed by atoms with Gasteiger partial charge in [0.25, 0.3) is 0 Å². The Kier molecular flexibility index (Phi) is 2.12. The third-order valence-corrected chi connectivity index (χ3v) is 1.63. The normalized spacial score (nSPS) is 10.9. The summed E-state index contributed by atoms with van der Waals surface area (Å²) in [5, 5.41) is 7.92. The van der Waals surface area contributed by atoms with Crippen LogP contribution in [0.4, 0.5) is 0 Å². The van der Waals surface area contributed by atoms with E-state index < -0.39 is 0 Å². The van der Waals surface area contributed by atoms with Gasteiger partial charge in [0.15, 0.2) is 11.6 Å². The lowest BCUT2D eigenvalue weighted by Gasteiger charge is -2.03. The average Bonchev–Trinajstić information content (AvgIpc) is 2.30. The van der Waals surface area contributed by atoms with E-state index in [1.54, 1.807) is 4.68 Å². The van der Waals surface area contributed by atoms with Crippen molar-refractivity contribution in [2.45, 2.75) is 33.1 Å². The van der Waals surface area contributed by atoms with Crippen molar-refractivity contribution >= 4 is 0 Å². The first kappa shape index (κ1) is 8.04. The Bertz CT molecular complexity index is 239.